The minimum atomic E-state index is -0.170. The monoisotopic (exact) mass is 258 g/mol. The molecule has 0 aromatic heterocycles. The Labute approximate surface area is 113 Å². The number of nitrogens with one attached hydrogen (secondary N) is 1. The van der Waals surface area contributed by atoms with Crippen molar-refractivity contribution in [2.45, 2.75) is 6.04 Å². The molecule has 19 heavy (non-hydrogen) atoms. The van der Waals surface area contributed by atoms with E-state index in [1.807, 2.05) is 56.4 Å². The van der Waals surface area contributed by atoms with Crippen LogP contribution in [-0.2, 0) is 0 Å². The molecule has 0 amide bonds. The molecular formula is C16H19FN2. The Hall–Kier alpha value is -1.87. The Morgan fingerprint density at radius 1 is 1.05 bits per heavy atom. The predicted molar refractivity (Wildman–Crippen MR) is 77.9 cm³/mol. The summed E-state index contributed by atoms with van der Waals surface area (Å²) in [5.41, 5.74) is 2.79. The van der Waals surface area contributed by atoms with Crippen LogP contribution in [0, 0.1) is 5.82 Å². The highest BCUT2D eigenvalue weighted by Crippen LogP contribution is 2.29. The van der Waals surface area contributed by atoms with Crippen LogP contribution in [0.4, 0.5) is 10.1 Å². The first-order chi connectivity index (χ1) is 9.13. The fraction of sp³-hybridized carbons (Fsp3) is 0.250. The van der Waals surface area contributed by atoms with Gasteiger partial charge in [0.15, 0.2) is 0 Å². The summed E-state index contributed by atoms with van der Waals surface area (Å²) in [5, 5.41) is 3.11. The predicted octanol–water partition coefficient (Wildman–Crippen LogP) is 3.52. The van der Waals surface area contributed by atoms with Crippen LogP contribution in [0.5, 0.6) is 0 Å². The van der Waals surface area contributed by atoms with Gasteiger partial charge < -0.3 is 5.32 Å². The molecule has 0 bridgehead atoms. The molecule has 2 rings (SSSR count). The van der Waals surface area contributed by atoms with E-state index in [2.05, 4.69) is 11.4 Å². The largest absolute Gasteiger partial charge is 0.388 e. The number of rotatable bonds is 4. The standard InChI is InChI=1S/C16H19FN2/c1-18-13-8-6-7-12(11-13)16(19(2)3)14-9-4-5-10-15(14)17/h4-11,16,18H,1-3H3. The summed E-state index contributed by atoms with van der Waals surface area (Å²) in [7, 11) is 5.80. The molecule has 1 unspecified atom stereocenters. The normalized spacial score (nSPS) is 12.5. The Balaban J connectivity index is 2.49. The molecule has 2 aromatic rings. The second-order valence-electron chi connectivity index (χ2n) is 4.76. The van der Waals surface area contributed by atoms with Gasteiger partial charge in [-0.1, -0.05) is 30.3 Å². The van der Waals surface area contributed by atoms with Gasteiger partial charge in [-0.25, -0.2) is 4.39 Å². The van der Waals surface area contributed by atoms with Crippen molar-refractivity contribution < 1.29 is 4.39 Å². The van der Waals surface area contributed by atoms with Crippen molar-refractivity contribution in [3.05, 3.63) is 65.5 Å². The molecule has 100 valence electrons. The van der Waals surface area contributed by atoms with Crippen LogP contribution < -0.4 is 5.32 Å². The third kappa shape index (κ3) is 2.93. The zero-order valence-electron chi connectivity index (χ0n) is 11.5. The molecular weight excluding hydrogens is 239 g/mol. The first kappa shape index (κ1) is 13.6. The molecule has 0 heterocycles. The summed E-state index contributed by atoms with van der Waals surface area (Å²) in [4.78, 5) is 2.02. The number of hydrogen-bond acceptors (Lipinski definition) is 2. The summed E-state index contributed by atoms with van der Waals surface area (Å²) in [6, 6.07) is 14.9. The van der Waals surface area contributed by atoms with Crippen molar-refractivity contribution in [3.63, 3.8) is 0 Å². The minimum absolute atomic E-state index is 0.0884. The molecule has 0 spiro atoms. The summed E-state index contributed by atoms with van der Waals surface area (Å²) >= 11 is 0. The number of hydrogen-bond donors (Lipinski definition) is 1. The van der Waals surface area contributed by atoms with E-state index in [0.717, 1.165) is 11.3 Å². The van der Waals surface area contributed by atoms with Gasteiger partial charge in [-0.3, -0.25) is 4.90 Å². The van der Waals surface area contributed by atoms with E-state index in [4.69, 9.17) is 0 Å². The SMILES string of the molecule is CNc1cccc(C(c2ccccc2F)N(C)C)c1. The molecule has 2 aromatic carbocycles. The van der Waals surface area contributed by atoms with E-state index >= 15 is 0 Å². The van der Waals surface area contributed by atoms with Gasteiger partial charge in [-0.2, -0.15) is 0 Å². The van der Waals surface area contributed by atoms with Crippen molar-refractivity contribution in [1.82, 2.24) is 4.90 Å². The van der Waals surface area contributed by atoms with E-state index in [-0.39, 0.29) is 11.9 Å². The average molecular weight is 258 g/mol. The van der Waals surface area contributed by atoms with Gasteiger partial charge in [0, 0.05) is 18.3 Å². The van der Waals surface area contributed by atoms with E-state index < -0.39 is 0 Å². The molecule has 0 aliphatic rings. The van der Waals surface area contributed by atoms with Gasteiger partial charge in [0.25, 0.3) is 0 Å². The lowest BCUT2D eigenvalue weighted by molar-refractivity contribution is 0.334. The first-order valence-electron chi connectivity index (χ1n) is 6.32. The number of halogens is 1. The quantitative estimate of drug-likeness (QED) is 0.902. The fourth-order valence-corrected chi connectivity index (χ4v) is 2.32. The van der Waals surface area contributed by atoms with Gasteiger partial charge in [-0.05, 0) is 37.9 Å². The molecule has 0 fully saturated rings. The summed E-state index contributed by atoms with van der Waals surface area (Å²) < 4.78 is 14.0. The van der Waals surface area contributed by atoms with Crippen LogP contribution in [0.25, 0.3) is 0 Å². The zero-order valence-corrected chi connectivity index (χ0v) is 11.5. The Kier molecular flexibility index (Phi) is 4.17. The van der Waals surface area contributed by atoms with Crippen LogP contribution in [0.2, 0.25) is 0 Å². The van der Waals surface area contributed by atoms with Crippen LogP contribution in [-0.4, -0.2) is 26.0 Å². The highest BCUT2D eigenvalue weighted by molar-refractivity contribution is 5.47. The molecule has 0 saturated heterocycles. The van der Waals surface area contributed by atoms with Crippen molar-refractivity contribution >= 4 is 5.69 Å². The topological polar surface area (TPSA) is 15.3 Å². The molecule has 1 atom stereocenters. The van der Waals surface area contributed by atoms with Crippen LogP contribution >= 0.6 is 0 Å². The maximum Gasteiger partial charge on any atom is 0.128 e. The summed E-state index contributed by atoms with van der Waals surface area (Å²) in [6.45, 7) is 0. The van der Waals surface area contributed by atoms with Gasteiger partial charge >= 0.3 is 0 Å². The van der Waals surface area contributed by atoms with E-state index in [9.17, 15) is 4.39 Å². The summed E-state index contributed by atoms with van der Waals surface area (Å²) in [5.74, 6) is -0.170. The number of benzene rings is 2. The van der Waals surface area contributed by atoms with Gasteiger partial charge in [-0.15, -0.1) is 0 Å². The van der Waals surface area contributed by atoms with E-state index in [1.165, 1.54) is 6.07 Å². The van der Waals surface area contributed by atoms with Gasteiger partial charge in [0.05, 0.1) is 6.04 Å². The molecule has 2 nitrogen and oxygen atoms in total. The highest BCUT2D eigenvalue weighted by atomic mass is 19.1. The fourth-order valence-electron chi connectivity index (χ4n) is 2.32. The lowest BCUT2D eigenvalue weighted by Crippen LogP contribution is -2.22. The average Bonchev–Trinajstić information content (AvgIpc) is 2.41. The van der Waals surface area contributed by atoms with Gasteiger partial charge in [0.2, 0.25) is 0 Å². The molecule has 3 heteroatoms. The van der Waals surface area contributed by atoms with Crippen LogP contribution in [0.1, 0.15) is 17.2 Å². The maximum absolute atomic E-state index is 14.0. The third-order valence-electron chi connectivity index (χ3n) is 3.21. The van der Waals surface area contributed by atoms with E-state index in [0.29, 0.717) is 5.56 Å². The summed E-state index contributed by atoms with van der Waals surface area (Å²) in [6.07, 6.45) is 0. The highest BCUT2D eigenvalue weighted by Gasteiger charge is 2.19. The lowest BCUT2D eigenvalue weighted by atomic mass is 9.97. The Bertz CT molecular complexity index is 552. The number of nitrogens with zero attached hydrogens (tertiary/aromatic N) is 1. The molecule has 0 aliphatic heterocycles. The van der Waals surface area contributed by atoms with Crippen LogP contribution in [0.3, 0.4) is 0 Å². The van der Waals surface area contributed by atoms with Crippen LogP contribution in [0.15, 0.2) is 48.5 Å². The second-order valence-corrected chi connectivity index (χ2v) is 4.76. The Morgan fingerprint density at radius 2 is 1.79 bits per heavy atom. The van der Waals surface area contributed by atoms with E-state index in [1.54, 1.807) is 6.07 Å². The lowest BCUT2D eigenvalue weighted by Gasteiger charge is -2.26. The molecule has 0 saturated carbocycles. The molecule has 1 N–H and O–H groups in total. The molecule has 0 aliphatic carbocycles. The maximum atomic E-state index is 14.0. The van der Waals surface area contributed by atoms with Crippen molar-refractivity contribution in [3.8, 4) is 0 Å². The van der Waals surface area contributed by atoms with Crippen molar-refractivity contribution in [1.29, 1.82) is 0 Å². The smallest absolute Gasteiger partial charge is 0.128 e. The second kappa shape index (κ2) is 5.85. The zero-order chi connectivity index (χ0) is 13.8. The minimum Gasteiger partial charge on any atom is -0.388 e. The molecule has 0 radical (unpaired) electrons. The Morgan fingerprint density at radius 3 is 2.42 bits per heavy atom. The number of anilines is 1. The third-order valence-corrected chi connectivity index (χ3v) is 3.21. The first-order valence-corrected chi connectivity index (χ1v) is 6.32. The van der Waals surface area contributed by atoms with Crippen molar-refractivity contribution in [2.75, 3.05) is 26.5 Å². The van der Waals surface area contributed by atoms with Gasteiger partial charge in [0.1, 0.15) is 5.82 Å². The van der Waals surface area contributed by atoms with Crippen molar-refractivity contribution in [2.24, 2.45) is 0 Å².